The first-order chi connectivity index (χ1) is 13.6. The fraction of sp³-hybridized carbons (Fsp3) is 0.692. The Morgan fingerprint density at radius 1 is 0.893 bits per heavy atom. The second-order valence-corrected chi connectivity index (χ2v) is 10.3. The van der Waals surface area contributed by atoms with Gasteiger partial charge >= 0.3 is 0 Å². The molecule has 0 aromatic heterocycles. The maximum absolute atomic E-state index is 13.8. The average Bonchev–Trinajstić information content (AvgIpc) is 2.74. The predicted molar refractivity (Wildman–Crippen MR) is 117 cm³/mol. The minimum absolute atomic E-state index is 0.244. The first-order valence-corrected chi connectivity index (χ1v) is 12.1. The Morgan fingerprint density at radius 3 is 2.25 bits per heavy atom. The highest BCUT2D eigenvalue weighted by Crippen LogP contribution is 2.50. The Hall–Kier alpha value is -0.820. The number of rotatable bonds is 5. The van der Waals surface area contributed by atoms with E-state index in [4.69, 9.17) is 11.6 Å². The van der Waals surface area contributed by atoms with Gasteiger partial charge in [-0.1, -0.05) is 30.2 Å². The van der Waals surface area contributed by atoms with Crippen molar-refractivity contribution in [3.63, 3.8) is 0 Å². The Bertz CT molecular complexity index is 660. The molecule has 0 radical (unpaired) electrons. The summed E-state index contributed by atoms with van der Waals surface area (Å²) >= 11 is 5.85. The van der Waals surface area contributed by atoms with E-state index in [2.05, 4.69) is 12.7 Å². The van der Waals surface area contributed by atoms with Gasteiger partial charge in [0.05, 0.1) is 5.02 Å². The van der Waals surface area contributed by atoms with E-state index in [1.165, 1.54) is 77.0 Å². The second kappa shape index (κ2) is 9.33. The van der Waals surface area contributed by atoms with E-state index in [9.17, 15) is 4.39 Å². The van der Waals surface area contributed by atoms with Gasteiger partial charge in [-0.3, -0.25) is 0 Å². The molecule has 1 aromatic carbocycles. The van der Waals surface area contributed by atoms with Crippen LogP contribution in [0.5, 0.6) is 0 Å². The molecule has 4 rings (SSSR count). The van der Waals surface area contributed by atoms with Crippen LogP contribution >= 0.6 is 11.6 Å². The molecule has 3 saturated carbocycles. The lowest BCUT2D eigenvalue weighted by molar-refractivity contribution is 0.0621. The summed E-state index contributed by atoms with van der Waals surface area (Å²) < 4.78 is 13.8. The average molecular weight is 403 g/mol. The minimum atomic E-state index is -0.261. The van der Waals surface area contributed by atoms with Crippen LogP contribution in [0.4, 0.5) is 4.39 Å². The summed E-state index contributed by atoms with van der Waals surface area (Å²) in [7, 11) is 0. The van der Waals surface area contributed by atoms with Crippen molar-refractivity contribution >= 4 is 11.6 Å². The van der Waals surface area contributed by atoms with Gasteiger partial charge in [0.1, 0.15) is 5.82 Å². The van der Waals surface area contributed by atoms with Crippen LogP contribution in [0.25, 0.3) is 0 Å². The number of fused-ring (bicyclic) bond motifs is 1. The molecule has 0 bridgehead atoms. The topological polar surface area (TPSA) is 0 Å². The Labute approximate surface area is 175 Å². The van der Waals surface area contributed by atoms with Gasteiger partial charge in [-0.15, -0.1) is 6.58 Å². The lowest BCUT2D eigenvalue weighted by atomic mass is 9.60. The van der Waals surface area contributed by atoms with Gasteiger partial charge in [0, 0.05) is 0 Å². The quantitative estimate of drug-likeness (QED) is 0.432. The van der Waals surface area contributed by atoms with Crippen molar-refractivity contribution in [1.82, 2.24) is 0 Å². The maximum atomic E-state index is 13.8. The van der Waals surface area contributed by atoms with Crippen LogP contribution in [0.2, 0.25) is 5.02 Å². The highest BCUT2D eigenvalue weighted by Gasteiger charge is 2.38. The summed E-state index contributed by atoms with van der Waals surface area (Å²) in [5.74, 6) is 5.10. The van der Waals surface area contributed by atoms with Crippen molar-refractivity contribution in [3.05, 3.63) is 47.3 Å². The maximum Gasteiger partial charge on any atom is 0.142 e. The SMILES string of the molecule is C=CCCC1CCC2CC(C3CCC(c4ccc(Cl)c(F)c4)CC3)CCC2C1. The Kier molecular flexibility index (Phi) is 6.81. The Balaban J connectivity index is 1.27. The van der Waals surface area contributed by atoms with E-state index in [0.717, 1.165) is 35.2 Å². The normalized spacial score (nSPS) is 35.9. The smallest absolute Gasteiger partial charge is 0.142 e. The fourth-order valence-corrected chi connectivity index (χ4v) is 6.87. The van der Waals surface area contributed by atoms with Gasteiger partial charge in [-0.05, 0) is 124 Å². The molecule has 28 heavy (non-hydrogen) atoms. The van der Waals surface area contributed by atoms with Crippen LogP contribution in [0.3, 0.4) is 0 Å². The zero-order valence-corrected chi connectivity index (χ0v) is 18.0. The van der Waals surface area contributed by atoms with Crippen LogP contribution in [-0.4, -0.2) is 0 Å². The molecular weight excluding hydrogens is 367 g/mol. The van der Waals surface area contributed by atoms with Crippen LogP contribution in [0.1, 0.15) is 88.5 Å². The summed E-state index contributed by atoms with van der Waals surface area (Å²) in [4.78, 5) is 0. The van der Waals surface area contributed by atoms with Crippen LogP contribution in [0.15, 0.2) is 30.9 Å². The largest absolute Gasteiger partial charge is 0.205 e. The summed E-state index contributed by atoms with van der Waals surface area (Å²) in [5.41, 5.74) is 1.15. The van der Waals surface area contributed by atoms with Crippen molar-refractivity contribution < 1.29 is 4.39 Å². The standard InChI is InChI=1S/C26H36ClF/c1-2-3-4-18-5-6-23-16-22(12-11-21(23)15-18)19-7-9-20(10-8-19)24-13-14-25(27)26(28)17-24/h2,13-14,17-23H,1,3-12,15-16H2. The zero-order chi connectivity index (χ0) is 19.5. The van der Waals surface area contributed by atoms with Crippen molar-refractivity contribution in [2.75, 3.05) is 0 Å². The molecule has 1 aromatic rings. The summed E-state index contributed by atoms with van der Waals surface area (Å²) in [6.45, 7) is 3.90. The third-order valence-corrected chi connectivity index (χ3v) is 8.70. The third kappa shape index (κ3) is 4.66. The molecule has 3 aliphatic carbocycles. The molecule has 0 N–H and O–H groups in total. The van der Waals surface area contributed by atoms with E-state index in [1.54, 1.807) is 12.1 Å². The van der Waals surface area contributed by atoms with Crippen LogP contribution in [0, 0.1) is 35.4 Å². The molecule has 0 heterocycles. The molecule has 4 atom stereocenters. The van der Waals surface area contributed by atoms with Gasteiger partial charge in [-0.25, -0.2) is 4.39 Å². The lowest BCUT2D eigenvalue weighted by Crippen LogP contribution is -2.34. The highest BCUT2D eigenvalue weighted by atomic mass is 35.5. The Morgan fingerprint density at radius 2 is 1.54 bits per heavy atom. The first-order valence-electron chi connectivity index (χ1n) is 11.7. The van der Waals surface area contributed by atoms with E-state index >= 15 is 0 Å². The predicted octanol–water partition coefficient (Wildman–Crippen LogP) is 8.55. The fourth-order valence-electron chi connectivity index (χ4n) is 6.76. The molecule has 3 aliphatic rings. The summed E-state index contributed by atoms with van der Waals surface area (Å²) in [6.07, 6.45) is 18.6. The van der Waals surface area contributed by atoms with Crippen molar-refractivity contribution in [2.45, 2.75) is 83.0 Å². The van der Waals surface area contributed by atoms with Gasteiger partial charge in [0.2, 0.25) is 0 Å². The zero-order valence-electron chi connectivity index (χ0n) is 17.2. The summed E-state index contributed by atoms with van der Waals surface area (Å²) in [5, 5.41) is 0.244. The molecule has 0 aliphatic heterocycles. The number of hydrogen-bond donors (Lipinski definition) is 0. The van der Waals surface area contributed by atoms with E-state index in [1.807, 2.05) is 6.07 Å². The molecule has 4 unspecified atom stereocenters. The third-order valence-electron chi connectivity index (χ3n) is 8.39. The van der Waals surface area contributed by atoms with E-state index < -0.39 is 0 Å². The van der Waals surface area contributed by atoms with Crippen molar-refractivity contribution in [3.8, 4) is 0 Å². The van der Waals surface area contributed by atoms with E-state index in [-0.39, 0.29) is 10.8 Å². The number of allylic oxidation sites excluding steroid dienone is 1. The molecule has 0 saturated heterocycles. The van der Waals surface area contributed by atoms with Gasteiger partial charge in [-0.2, -0.15) is 0 Å². The molecule has 154 valence electrons. The van der Waals surface area contributed by atoms with Gasteiger partial charge in [0.15, 0.2) is 0 Å². The molecule has 2 heteroatoms. The van der Waals surface area contributed by atoms with Gasteiger partial charge < -0.3 is 0 Å². The molecule has 0 amide bonds. The van der Waals surface area contributed by atoms with Crippen LogP contribution in [-0.2, 0) is 0 Å². The number of halogens is 2. The molecular formula is C26H36ClF. The minimum Gasteiger partial charge on any atom is -0.205 e. The first kappa shape index (κ1) is 20.5. The lowest BCUT2D eigenvalue weighted by Gasteiger charge is -2.45. The second-order valence-electron chi connectivity index (χ2n) is 9.92. The van der Waals surface area contributed by atoms with Crippen molar-refractivity contribution in [2.24, 2.45) is 29.6 Å². The highest BCUT2D eigenvalue weighted by molar-refractivity contribution is 6.30. The van der Waals surface area contributed by atoms with Gasteiger partial charge in [0.25, 0.3) is 0 Å². The summed E-state index contributed by atoms with van der Waals surface area (Å²) in [6, 6.07) is 5.43. The van der Waals surface area contributed by atoms with Crippen LogP contribution < -0.4 is 0 Å². The molecule has 3 fully saturated rings. The molecule has 0 nitrogen and oxygen atoms in total. The molecule has 0 spiro atoms. The van der Waals surface area contributed by atoms with E-state index in [0.29, 0.717) is 5.92 Å². The number of benzene rings is 1. The number of hydrogen-bond acceptors (Lipinski definition) is 0. The monoisotopic (exact) mass is 402 g/mol. The van der Waals surface area contributed by atoms with Crippen molar-refractivity contribution in [1.29, 1.82) is 0 Å².